The van der Waals surface area contributed by atoms with Gasteiger partial charge in [-0.2, -0.15) is 0 Å². The van der Waals surface area contributed by atoms with Crippen LogP contribution in [0.15, 0.2) is 0 Å². The van der Waals surface area contributed by atoms with Crippen LogP contribution >= 0.6 is 0 Å². The van der Waals surface area contributed by atoms with E-state index in [0.29, 0.717) is 13.2 Å². The minimum absolute atomic E-state index is 0.256. The van der Waals surface area contributed by atoms with Crippen LogP contribution in [-0.2, 0) is 19.1 Å². The summed E-state index contributed by atoms with van der Waals surface area (Å²) in [7, 11) is 0. The van der Waals surface area contributed by atoms with Gasteiger partial charge in [0.15, 0.2) is 0 Å². The lowest BCUT2D eigenvalue weighted by Gasteiger charge is -2.20. The van der Waals surface area contributed by atoms with Gasteiger partial charge in [-0.25, -0.2) is 0 Å². The van der Waals surface area contributed by atoms with Crippen LogP contribution in [0.2, 0.25) is 0 Å². The van der Waals surface area contributed by atoms with Crippen LogP contribution in [0.3, 0.4) is 0 Å². The Kier molecular flexibility index (Phi) is 8.32. The van der Waals surface area contributed by atoms with Gasteiger partial charge in [0.2, 0.25) is 11.8 Å². The fourth-order valence-electron chi connectivity index (χ4n) is 1.35. The molecule has 0 rings (SSSR count). The summed E-state index contributed by atoms with van der Waals surface area (Å²) in [5, 5.41) is 5.28. The zero-order valence-electron chi connectivity index (χ0n) is 11.8. The van der Waals surface area contributed by atoms with Crippen molar-refractivity contribution >= 4 is 11.8 Å². The highest BCUT2D eigenvalue weighted by Gasteiger charge is 2.18. The summed E-state index contributed by atoms with van der Waals surface area (Å²) in [6.07, 6.45) is -1.52. The Labute approximate surface area is 108 Å². The fourth-order valence-corrected chi connectivity index (χ4v) is 1.35. The molecule has 0 aliphatic rings. The molecule has 6 heteroatoms. The van der Waals surface area contributed by atoms with Gasteiger partial charge >= 0.3 is 0 Å². The third-order valence-corrected chi connectivity index (χ3v) is 2.29. The molecule has 0 saturated carbocycles. The molecule has 2 amide bonds. The van der Waals surface area contributed by atoms with Crippen molar-refractivity contribution < 1.29 is 19.1 Å². The molecule has 0 fully saturated rings. The van der Waals surface area contributed by atoms with Gasteiger partial charge in [-0.1, -0.05) is 0 Å². The molecule has 0 aromatic rings. The molecule has 0 aliphatic heterocycles. The molecule has 0 radical (unpaired) electrons. The van der Waals surface area contributed by atoms with E-state index in [2.05, 4.69) is 10.6 Å². The second-order valence-corrected chi connectivity index (χ2v) is 3.93. The van der Waals surface area contributed by atoms with Crippen LogP contribution in [0.5, 0.6) is 0 Å². The molecule has 18 heavy (non-hydrogen) atoms. The minimum Gasteiger partial charge on any atom is -0.369 e. The Hall–Kier alpha value is -1.14. The van der Waals surface area contributed by atoms with E-state index in [9.17, 15) is 9.59 Å². The van der Waals surface area contributed by atoms with Gasteiger partial charge in [0.25, 0.3) is 0 Å². The van der Waals surface area contributed by atoms with Gasteiger partial charge < -0.3 is 20.1 Å². The van der Waals surface area contributed by atoms with E-state index >= 15 is 0 Å². The van der Waals surface area contributed by atoms with E-state index in [1.165, 1.54) is 0 Å². The highest BCUT2D eigenvalue weighted by Crippen LogP contribution is 1.93. The molecule has 2 unspecified atom stereocenters. The number of amides is 2. The lowest BCUT2D eigenvalue weighted by Crippen LogP contribution is -2.51. The summed E-state index contributed by atoms with van der Waals surface area (Å²) in [4.78, 5) is 23.2. The van der Waals surface area contributed by atoms with Crippen molar-refractivity contribution in [2.24, 2.45) is 0 Å². The van der Waals surface area contributed by atoms with Crippen molar-refractivity contribution in [2.75, 3.05) is 13.2 Å². The van der Waals surface area contributed by atoms with Crippen LogP contribution in [0, 0.1) is 0 Å². The van der Waals surface area contributed by atoms with Crippen LogP contribution in [0.4, 0.5) is 0 Å². The average molecular weight is 260 g/mol. The topological polar surface area (TPSA) is 76.7 Å². The predicted molar refractivity (Wildman–Crippen MR) is 67.9 cm³/mol. The van der Waals surface area contributed by atoms with E-state index in [4.69, 9.17) is 9.47 Å². The standard InChI is InChI=1S/C12H24N2O4/c1-6-17-8(3)11(15)13-10(5)14-12(16)9(4)18-7-2/h8-10H,6-7H2,1-5H3,(H,13,15)(H,14,16). The summed E-state index contributed by atoms with van der Waals surface area (Å²) < 4.78 is 10.3. The lowest BCUT2D eigenvalue weighted by molar-refractivity contribution is -0.135. The fraction of sp³-hybridized carbons (Fsp3) is 0.833. The van der Waals surface area contributed by atoms with E-state index in [-0.39, 0.29) is 11.8 Å². The third-order valence-electron chi connectivity index (χ3n) is 2.29. The van der Waals surface area contributed by atoms with Crippen molar-refractivity contribution in [3.05, 3.63) is 0 Å². The number of carbonyl (C=O) groups excluding carboxylic acids is 2. The van der Waals surface area contributed by atoms with E-state index in [1.807, 2.05) is 13.8 Å². The first-order chi connectivity index (χ1) is 8.42. The molecule has 0 aromatic heterocycles. The number of ether oxygens (including phenoxy) is 2. The van der Waals surface area contributed by atoms with Gasteiger partial charge in [0.05, 0.1) is 6.17 Å². The van der Waals surface area contributed by atoms with Crippen molar-refractivity contribution in [3.63, 3.8) is 0 Å². The SMILES string of the molecule is CCOC(C)C(=O)NC(C)NC(=O)C(C)OCC. The van der Waals surface area contributed by atoms with Crippen LogP contribution in [0.25, 0.3) is 0 Å². The van der Waals surface area contributed by atoms with Crippen LogP contribution < -0.4 is 10.6 Å². The molecule has 6 nitrogen and oxygen atoms in total. The van der Waals surface area contributed by atoms with Crippen LogP contribution in [-0.4, -0.2) is 43.4 Å². The Balaban J connectivity index is 4.06. The summed E-state index contributed by atoms with van der Waals surface area (Å²) in [5.74, 6) is -0.512. The maximum atomic E-state index is 11.6. The summed E-state index contributed by atoms with van der Waals surface area (Å²) in [6.45, 7) is 9.59. The molecular weight excluding hydrogens is 236 g/mol. The maximum absolute atomic E-state index is 11.6. The number of rotatable bonds is 8. The predicted octanol–water partition coefficient (Wildman–Crippen LogP) is 0.415. The molecule has 106 valence electrons. The lowest BCUT2D eigenvalue weighted by atomic mass is 10.3. The van der Waals surface area contributed by atoms with Crippen LogP contribution in [0.1, 0.15) is 34.6 Å². The molecule has 0 aliphatic carbocycles. The second kappa shape index (κ2) is 8.88. The molecule has 0 heterocycles. The molecule has 2 atom stereocenters. The average Bonchev–Trinajstić information content (AvgIpc) is 2.29. The van der Waals surface area contributed by atoms with E-state index < -0.39 is 18.4 Å². The van der Waals surface area contributed by atoms with Gasteiger partial charge in [-0.3, -0.25) is 9.59 Å². The van der Waals surface area contributed by atoms with E-state index in [1.54, 1.807) is 20.8 Å². The molecule has 0 spiro atoms. The number of hydrogen-bond donors (Lipinski definition) is 2. The molecule has 0 bridgehead atoms. The molecule has 0 saturated heterocycles. The smallest absolute Gasteiger partial charge is 0.250 e. The van der Waals surface area contributed by atoms with Gasteiger partial charge in [0.1, 0.15) is 12.2 Å². The normalized spacial score (nSPS) is 15.6. The first-order valence-corrected chi connectivity index (χ1v) is 6.26. The summed E-state index contributed by atoms with van der Waals surface area (Å²) in [6, 6.07) is 0. The first kappa shape index (κ1) is 16.9. The second-order valence-electron chi connectivity index (χ2n) is 3.93. The zero-order valence-corrected chi connectivity index (χ0v) is 11.8. The molecular formula is C12H24N2O4. The maximum Gasteiger partial charge on any atom is 0.250 e. The quantitative estimate of drug-likeness (QED) is 0.620. The Morgan fingerprint density at radius 3 is 1.50 bits per heavy atom. The molecule has 0 aromatic carbocycles. The Morgan fingerprint density at radius 2 is 1.22 bits per heavy atom. The van der Waals surface area contributed by atoms with Crippen molar-refractivity contribution in [1.82, 2.24) is 10.6 Å². The Morgan fingerprint density at radius 1 is 0.889 bits per heavy atom. The minimum atomic E-state index is -0.529. The largest absolute Gasteiger partial charge is 0.369 e. The highest BCUT2D eigenvalue weighted by molar-refractivity contribution is 5.83. The molecule has 2 N–H and O–H groups in total. The van der Waals surface area contributed by atoms with Gasteiger partial charge in [-0.15, -0.1) is 0 Å². The highest BCUT2D eigenvalue weighted by atomic mass is 16.5. The Bertz CT molecular complexity index is 245. The third kappa shape index (κ3) is 6.56. The monoisotopic (exact) mass is 260 g/mol. The van der Waals surface area contributed by atoms with Crippen molar-refractivity contribution in [3.8, 4) is 0 Å². The number of hydrogen-bond acceptors (Lipinski definition) is 4. The summed E-state index contributed by atoms with van der Waals surface area (Å²) in [5.41, 5.74) is 0. The van der Waals surface area contributed by atoms with E-state index in [0.717, 1.165) is 0 Å². The van der Waals surface area contributed by atoms with Gasteiger partial charge in [0, 0.05) is 13.2 Å². The number of carbonyl (C=O) groups is 2. The first-order valence-electron chi connectivity index (χ1n) is 6.26. The zero-order chi connectivity index (χ0) is 14.1. The summed E-state index contributed by atoms with van der Waals surface area (Å²) >= 11 is 0. The van der Waals surface area contributed by atoms with Crippen molar-refractivity contribution in [1.29, 1.82) is 0 Å². The van der Waals surface area contributed by atoms with Gasteiger partial charge in [-0.05, 0) is 34.6 Å². The van der Waals surface area contributed by atoms with Crippen molar-refractivity contribution in [2.45, 2.75) is 53.0 Å². The number of nitrogens with one attached hydrogen (secondary N) is 2.